The third-order valence-electron chi connectivity index (χ3n) is 4.11. The van der Waals surface area contributed by atoms with Crippen LogP contribution in [0.1, 0.15) is 25.0 Å². The molecule has 1 aromatic carbocycles. The molecule has 2 rings (SSSR count). The Bertz CT molecular complexity index is 775. The summed E-state index contributed by atoms with van der Waals surface area (Å²) in [5, 5.41) is 14.8. The number of ether oxygens (including phenoxy) is 3. The van der Waals surface area contributed by atoms with Gasteiger partial charge in [-0.3, -0.25) is 0 Å². The van der Waals surface area contributed by atoms with Crippen LogP contribution in [0.4, 0.5) is 5.69 Å². The molecular weight excluding hydrogens is 360 g/mol. The highest BCUT2D eigenvalue weighted by Gasteiger charge is 2.09. The fraction of sp³-hybridized carbons (Fsp3) is 0.526. The van der Waals surface area contributed by atoms with Crippen molar-refractivity contribution in [2.75, 3.05) is 39.3 Å². The predicted octanol–water partition coefficient (Wildman–Crippen LogP) is 2.13. The minimum absolute atomic E-state index is 0.408. The molecule has 0 aliphatic heterocycles. The molecule has 0 atom stereocenters. The maximum atomic E-state index is 5.57. The van der Waals surface area contributed by atoms with Crippen LogP contribution in [0.15, 0.2) is 23.2 Å². The van der Waals surface area contributed by atoms with Crippen molar-refractivity contribution in [1.29, 1.82) is 0 Å². The zero-order valence-corrected chi connectivity index (χ0v) is 17.3. The first-order chi connectivity index (χ1) is 13.6. The van der Waals surface area contributed by atoms with Gasteiger partial charge >= 0.3 is 0 Å². The van der Waals surface area contributed by atoms with E-state index < -0.39 is 0 Å². The van der Waals surface area contributed by atoms with E-state index in [0.717, 1.165) is 30.3 Å². The fourth-order valence-electron chi connectivity index (χ4n) is 2.46. The number of anilines is 1. The third kappa shape index (κ3) is 6.12. The van der Waals surface area contributed by atoms with Crippen molar-refractivity contribution in [2.24, 2.45) is 12.0 Å². The summed E-state index contributed by atoms with van der Waals surface area (Å²) < 4.78 is 18.0. The molecule has 2 N–H and O–H groups in total. The van der Waals surface area contributed by atoms with Crippen molar-refractivity contribution in [3.05, 3.63) is 29.8 Å². The van der Waals surface area contributed by atoms with Gasteiger partial charge in [-0.05, 0) is 32.4 Å². The average Bonchev–Trinajstić information content (AvgIpc) is 3.02. The Morgan fingerprint density at radius 3 is 2.68 bits per heavy atom. The summed E-state index contributed by atoms with van der Waals surface area (Å²) in [6, 6.07) is 5.68. The first kappa shape index (κ1) is 21.5. The van der Waals surface area contributed by atoms with Gasteiger partial charge in [0.05, 0.1) is 13.7 Å². The topological polar surface area (TPSA) is 94.8 Å². The molecule has 154 valence electrons. The molecule has 28 heavy (non-hydrogen) atoms. The number of nitrogens with one attached hydrogen (secondary N) is 2. The van der Waals surface area contributed by atoms with Crippen LogP contribution in [0, 0.1) is 6.92 Å². The van der Waals surface area contributed by atoms with Gasteiger partial charge < -0.3 is 29.4 Å². The second-order valence-corrected chi connectivity index (χ2v) is 6.08. The van der Waals surface area contributed by atoms with Crippen LogP contribution in [0.25, 0.3) is 0 Å². The third-order valence-corrected chi connectivity index (χ3v) is 4.11. The van der Waals surface area contributed by atoms with Crippen LogP contribution >= 0.6 is 0 Å². The minimum Gasteiger partial charge on any atom is -0.493 e. The van der Waals surface area contributed by atoms with Gasteiger partial charge in [-0.2, -0.15) is 0 Å². The molecule has 0 fully saturated rings. The van der Waals surface area contributed by atoms with E-state index in [2.05, 4.69) is 25.8 Å². The molecule has 0 amide bonds. The van der Waals surface area contributed by atoms with E-state index in [1.54, 1.807) is 14.2 Å². The quantitative estimate of drug-likeness (QED) is 0.364. The second-order valence-electron chi connectivity index (χ2n) is 6.08. The molecule has 1 aromatic heterocycles. The molecule has 0 spiro atoms. The monoisotopic (exact) mass is 390 g/mol. The van der Waals surface area contributed by atoms with Crippen LogP contribution in [-0.4, -0.2) is 54.7 Å². The fourth-order valence-corrected chi connectivity index (χ4v) is 2.46. The molecule has 0 radical (unpaired) electrons. The lowest BCUT2D eigenvalue weighted by Gasteiger charge is -2.15. The zero-order valence-electron chi connectivity index (χ0n) is 17.3. The molecule has 0 unspecified atom stereocenters. The first-order valence-corrected chi connectivity index (χ1v) is 9.29. The van der Waals surface area contributed by atoms with Gasteiger partial charge in [0, 0.05) is 39.1 Å². The highest BCUT2D eigenvalue weighted by molar-refractivity contribution is 5.93. The lowest BCUT2D eigenvalue weighted by Crippen LogP contribution is -2.32. The molecule has 2 aromatic rings. The van der Waals surface area contributed by atoms with Gasteiger partial charge in [-0.15, -0.1) is 10.2 Å². The Labute approximate surface area is 166 Å². The first-order valence-electron chi connectivity index (χ1n) is 9.29. The molecule has 9 nitrogen and oxygen atoms in total. The summed E-state index contributed by atoms with van der Waals surface area (Å²) >= 11 is 0. The molecule has 0 saturated heterocycles. The normalized spacial score (nSPS) is 11.4. The number of benzene rings is 1. The second kappa shape index (κ2) is 11.1. The van der Waals surface area contributed by atoms with Crippen molar-refractivity contribution >= 4 is 11.6 Å². The maximum Gasteiger partial charge on any atom is 0.196 e. The standard InChI is InChI=1S/C19H30N6O3/c1-6-28-16-9-8-15(12-17(16)27-5)22-19(20-10-7-11-26-4)21-13-18-24-23-14(2)25(18)3/h8-9,12H,6-7,10-11,13H2,1-5H3,(H2,20,21,22). The maximum absolute atomic E-state index is 5.57. The Morgan fingerprint density at radius 2 is 2.04 bits per heavy atom. The van der Waals surface area contributed by atoms with Crippen molar-refractivity contribution in [1.82, 2.24) is 20.1 Å². The lowest BCUT2D eigenvalue weighted by molar-refractivity contribution is 0.195. The van der Waals surface area contributed by atoms with Crippen LogP contribution in [0.5, 0.6) is 11.5 Å². The Balaban J connectivity index is 2.14. The lowest BCUT2D eigenvalue weighted by atomic mass is 10.2. The SMILES string of the molecule is CCOc1ccc(NC(=NCc2nnc(C)n2C)NCCCOC)cc1OC. The molecule has 0 saturated carbocycles. The Hall–Kier alpha value is -2.81. The smallest absolute Gasteiger partial charge is 0.196 e. The van der Waals surface area contributed by atoms with Gasteiger partial charge in [0.15, 0.2) is 23.3 Å². The summed E-state index contributed by atoms with van der Waals surface area (Å²) in [7, 11) is 5.24. The Morgan fingerprint density at radius 1 is 1.21 bits per heavy atom. The predicted molar refractivity (Wildman–Crippen MR) is 109 cm³/mol. The number of aliphatic imine (C=N–C) groups is 1. The van der Waals surface area contributed by atoms with E-state index in [4.69, 9.17) is 14.2 Å². The summed E-state index contributed by atoms with van der Waals surface area (Å²) in [6.45, 7) is 6.24. The van der Waals surface area contributed by atoms with E-state index in [1.807, 2.05) is 43.7 Å². The van der Waals surface area contributed by atoms with E-state index >= 15 is 0 Å². The van der Waals surface area contributed by atoms with Gasteiger partial charge in [0.1, 0.15) is 12.4 Å². The molecular formula is C19H30N6O3. The van der Waals surface area contributed by atoms with Crippen LogP contribution in [-0.2, 0) is 18.3 Å². The van der Waals surface area contributed by atoms with Crippen molar-refractivity contribution < 1.29 is 14.2 Å². The van der Waals surface area contributed by atoms with E-state index in [9.17, 15) is 0 Å². The molecule has 0 aliphatic carbocycles. The van der Waals surface area contributed by atoms with Crippen molar-refractivity contribution in [3.8, 4) is 11.5 Å². The molecule has 9 heteroatoms. The van der Waals surface area contributed by atoms with Gasteiger partial charge in [0.25, 0.3) is 0 Å². The van der Waals surface area contributed by atoms with E-state index in [0.29, 0.717) is 37.2 Å². The van der Waals surface area contributed by atoms with Crippen LogP contribution < -0.4 is 20.1 Å². The van der Waals surface area contributed by atoms with Crippen molar-refractivity contribution in [3.63, 3.8) is 0 Å². The molecule has 0 aliphatic rings. The number of rotatable bonds is 10. The van der Waals surface area contributed by atoms with E-state index in [1.165, 1.54) is 0 Å². The summed E-state index contributed by atoms with van der Waals surface area (Å²) in [4.78, 5) is 4.63. The van der Waals surface area contributed by atoms with Crippen LogP contribution in [0.2, 0.25) is 0 Å². The van der Waals surface area contributed by atoms with Crippen molar-refractivity contribution in [2.45, 2.75) is 26.8 Å². The number of aryl methyl sites for hydroxylation is 1. The van der Waals surface area contributed by atoms with Crippen LogP contribution in [0.3, 0.4) is 0 Å². The summed E-state index contributed by atoms with van der Waals surface area (Å²) in [5.74, 6) is 3.65. The molecule has 1 heterocycles. The summed E-state index contributed by atoms with van der Waals surface area (Å²) in [6.07, 6.45) is 0.868. The average molecular weight is 390 g/mol. The zero-order chi connectivity index (χ0) is 20.4. The number of hydrogen-bond acceptors (Lipinski definition) is 6. The Kier molecular flexibility index (Phi) is 8.54. The van der Waals surface area contributed by atoms with Gasteiger partial charge in [0.2, 0.25) is 0 Å². The number of nitrogens with zero attached hydrogens (tertiary/aromatic N) is 4. The highest BCUT2D eigenvalue weighted by atomic mass is 16.5. The van der Waals surface area contributed by atoms with Gasteiger partial charge in [-0.1, -0.05) is 0 Å². The van der Waals surface area contributed by atoms with E-state index in [-0.39, 0.29) is 0 Å². The number of hydrogen-bond donors (Lipinski definition) is 2. The highest BCUT2D eigenvalue weighted by Crippen LogP contribution is 2.30. The largest absolute Gasteiger partial charge is 0.493 e. The number of methoxy groups -OCH3 is 2. The summed E-state index contributed by atoms with van der Waals surface area (Å²) in [5.41, 5.74) is 0.840. The minimum atomic E-state index is 0.408. The number of guanidine groups is 1. The molecule has 0 bridgehead atoms. The number of aromatic nitrogens is 3. The van der Waals surface area contributed by atoms with Gasteiger partial charge in [-0.25, -0.2) is 4.99 Å².